The zero-order chi connectivity index (χ0) is 14.1. The number of hydrogen-bond donors (Lipinski definition) is 2. The molecule has 1 saturated carbocycles. The van der Waals surface area contributed by atoms with Gasteiger partial charge in [0.15, 0.2) is 0 Å². The largest absolute Gasteiger partial charge is 0.481 e. The molecule has 1 amide bonds. The maximum absolute atomic E-state index is 11.8. The van der Waals surface area contributed by atoms with E-state index in [0.717, 1.165) is 12.2 Å². The zero-order valence-electron chi connectivity index (χ0n) is 11.2. The van der Waals surface area contributed by atoms with Crippen molar-refractivity contribution in [1.29, 1.82) is 0 Å². The van der Waals surface area contributed by atoms with Crippen LogP contribution >= 0.6 is 0 Å². The average Bonchev–Trinajstić information content (AvgIpc) is 3.18. The molecule has 1 unspecified atom stereocenters. The van der Waals surface area contributed by atoms with E-state index in [1.165, 1.54) is 18.4 Å². The summed E-state index contributed by atoms with van der Waals surface area (Å²) in [5, 5.41) is 12.4. The van der Waals surface area contributed by atoms with Crippen molar-refractivity contribution in [3.8, 4) is 0 Å². The number of benzene rings is 1. The Balaban J connectivity index is 1.64. The average molecular weight is 274 g/mol. The van der Waals surface area contributed by atoms with Crippen LogP contribution in [0.3, 0.4) is 0 Å². The number of anilines is 1. The summed E-state index contributed by atoms with van der Waals surface area (Å²) in [6, 6.07) is 8.45. The highest BCUT2D eigenvalue weighted by Gasteiger charge is 2.34. The standard InChI is InChI=1S/C15H18N2O3/c18-14-7-11(15(19)20)9-17(14)13-5-1-10(2-6-13)8-16-12-3-4-12/h1-2,5-6,11-12,16H,3-4,7-9H2,(H,19,20). The Morgan fingerprint density at radius 1 is 1.30 bits per heavy atom. The number of aliphatic carboxylic acids is 1. The van der Waals surface area contributed by atoms with Crippen molar-refractivity contribution in [3.63, 3.8) is 0 Å². The lowest BCUT2D eigenvalue weighted by Gasteiger charge is -2.16. The Morgan fingerprint density at radius 2 is 2.00 bits per heavy atom. The molecule has 20 heavy (non-hydrogen) atoms. The lowest BCUT2D eigenvalue weighted by Crippen LogP contribution is -2.25. The predicted molar refractivity (Wildman–Crippen MR) is 74.4 cm³/mol. The summed E-state index contributed by atoms with van der Waals surface area (Å²) in [7, 11) is 0. The number of nitrogens with one attached hydrogen (secondary N) is 1. The SMILES string of the molecule is O=C(O)C1CC(=O)N(c2ccc(CNC3CC3)cc2)C1. The highest BCUT2D eigenvalue weighted by atomic mass is 16.4. The Morgan fingerprint density at radius 3 is 2.55 bits per heavy atom. The van der Waals surface area contributed by atoms with Gasteiger partial charge in [-0.15, -0.1) is 0 Å². The first-order valence-electron chi connectivity index (χ1n) is 6.99. The van der Waals surface area contributed by atoms with Gasteiger partial charge in [-0.3, -0.25) is 9.59 Å². The monoisotopic (exact) mass is 274 g/mol. The van der Waals surface area contributed by atoms with Crippen molar-refractivity contribution in [2.45, 2.75) is 31.8 Å². The highest BCUT2D eigenvalue weighted by molar-refractivity contribution is 5.99. The first kappa shape index (κ1) is 13.1. The van der Waals surface area contributed by atoms with Gasteiger partial charge in [0.25, 0.3) is 0 Å². The molecule has 0 aromatic heterocycles. The molecule has 1 heterocycles. The summed E-state index contributed by atoms with van der Waals surface area (Å²) in [4.78, 5) is 24.4. The molecular weight excluding hydrogens is 256 g/mol. The zero-order valence-corrected chi connectivity index (χ0v) is 11.2. The van der Waals surface area contributed by atoms with Gasteiger partial charge in [0, 0.05) is 31.2 Å². The first-order chi connectivity index (χ1) is 9.63. The fourth-order valence-electron chi connectivity index (χ4n) is 2.47. The van der Waals surface area contributed by atoms with Crippen molar-refractivity contribution in [2.75, 3.05) is 11.4 Å². The van der Waals surface area contributed by atoms with Crippen LogP contribution in [-0.2, 0) is 16.1 Å². The van der Waals surface area contributed by atoms with E-state index in [1.807, 2.05) is 24.3 Å². The van der Waals surface area contributed by atoms with Crippen LogP contribution in [0.1, 0.15) is 24.8 Å². The van der Waals surface area contributed by atoms with Crippen molar-refractivity contribution in [1.82, 2.24) is 5.32 Å². The maximum Gasteiger partial charge on any atom is 0.308 e. The summed E-state index contributed by atoms with van der Waals surface area (Å²) in [6.45, 7) is 1.12. The van der Waals surface area contributed by atoms with Gasteiger partial charge in [0.2, 0.25) is 5.91 Å². The summed E-state index contributed by atoms with van der Waals surface area (Å²) < 4.78 is 0. The Bertz CT molecular complexity index is 522. The smallest absolute Gasteiger partial charge is 0.308 e. The number of hydrogen-bond acceptors (Lipinski definition) is 3. The predicted octanol–water partition coefficient (Wildman–Crippen LogP) is 1.38. The minimum Gasteiger partial charge on any atom is -0.481 e. The maximum atomic E-state index is 11.8. The van der Waals surface area contributed by atoms with Gasteiger partial charge in [-0.1, -0.05) is 12.1 Å². The molecular formula is C15H18N2O3. The molecule has 1 aromatic carbocycles. The molecule has 0 radical (unpaired) electrons. The van der Waals surface area contributed by atoms with Crippen LogP contribution in [0.15, 0.2) is 24.3 Å². The van der Waals surface area contributed by atoms with Gasteiger partial charge in [0.05, 0.1) is 5.92 Å². The molecule has 1 aliphatic heterocycles. The van der Waals surface area contributed by atoms with E-state index >= 15 is 0 Å². The molecule has 1 atom stereocenters. The van der Waals surface area contributed by atoms with E-state index in [-0.39, 0.29) is 18.9 Å². The third-order valence-corrected chi connectivity index (χ3v) is 3.89. The number of carboxylic acid groups (broad SMARTS) is 1. The Labute approximate surface area is 117 Å². The van der Waals surface area contributed by atoms with E-state index in [2.05, 4.69) is 5.32 Å². The van der Waals surface area contributed by atoms with E-state index < -0.39 is 11.9 Å². The van der Waals surface area contributed by atoms with E-state index in [9.17, 15) is 9.59 Å². The number of carboxylic acids is 1. The summed E-state index contributed by atoms with van der Waals surface area (Å²) in [5.41, 5.74) is 1.97. The topological polar surface area (TPSA) is 69.6 Å². The lowest BCUT2D eigenvalue weighted by molar-refractivity contribution is -0.141. The third kappa shape index (κ3) is 2.82. The van der Waals surface area contributed by atoms with Gasteiger partial charge >= 0.3 is 5.97 Å². The van der Waals surface area contributed by atoms with Gasteiger partial charge in [0.1, 0.15) is 0 Å². The minimum absolute atomic E-state index is 0.0975. The van der Waals surface area contributed by atoms with E-state index in [0.29, 0.717) is 6.04 Å². The normalized spacial score (nSPS) is 22.3. The molecule has 5 heteroatoms. The van der Waals surface area contributed by atoms with Crippen molar-refractivity contribution < 1.29 is 14.7 Å². The second-order valence-corrected chi connectivity index (χ2v) is 5.57. The number of nitrogens with zero attached hydrogens (tertiary/aromatic N) is 1. The molecule has 0 bridgehead atoms. The molecule has 2 N–H and O–H groups in total. The lowest BCUT2D eigenvalue weighted by atomic mass is 10.1. The molecule has 0 spiro atoms. The Kier molecular flexibility index (Phi) is 3.44. The quantitative estimate of drug-likeness (QED) is 0.851. The summed E-state index contributed by atoms with van der Waals surface area (Å²) in [5.74, 6) is -1.59. The van der Waals surface area contributed by atoms with E-state index in [1.54, 1.807) is 4.90 Å². The van der Waals surface area contributed by atoms with Crippen LogP contribution < -0.4 is 10.2 Å². The number of carbonyl (C=O) groups is 2. The number of amides is 1. The fraction of sp³-hybridized carbons (Fsp3) is 0.467. The Hall–Kier alpha value is -1.88. The van der Waals surface area contributed by atoms with Gasteiger partial charge in [-0.05, 0) is 30.5 Å². The molecule has 1 saturated heterocycles. The molecule has 1 aromatic rings. The molecule has 3 rings (SSSR count). The van der Waals surface area contributed by atoms with Crippen LogP contribution in [-0.4, -0.2) is 29.6 Å². The first-order valence-corrected chi connectivity index (χ1v) is 6.99. The second-order valence-electron chi connectivity index (χ2n) is 5.57. The van der Waals surface area contributed by atoms with Gasteiger partial charge < -0.3 is 15.3 Å². The number of rotatable bonds is 5. The van der Waals surface area contributed by atoms with Gasteiger partial charge in [-0.25, -0.2) is 0 Å². The third-order valence-electron chi connectivity index (χ3n) is 3.89. The molecule has 106 valence electrons. The van der Waals surface area contributed by atoms with Gasteiger partial charge in [-0.2, -0.15) is 0 Å². The van der Waals surface area contributed by atoms with Crippen LogP contribution in [0.5, 0.6) is 0 Å². The van der Waals surface area contributed by atoms with Crippen LogP contribution in [0, 0.1) is 5.92 Å². The second kappa shape index (κ2) is 5.25. The van der Waals surface area contributed by atoms with Crippen molar-refractivity contribution in [3.05, 3.63) is 29.8 Å². The fourth-order valence-corrected chi connectivity index (χ4v) is 2.47. The van der Waals surface area contributed by atoms with Crippen molar-refractivity contribution >= 4 is 17.6 Å². The van der Waals surface area contributed by atoms with E-state index in [4.69, 9.17) is 5.11 Å². The molecule has 2 aliphatic rings. The highest BCUT2D eigenvalue weighted by Crippen LogP contribution is 2.26. The summed E-state index contributed by atoms with van der Waals surface area (Å²) in [6.07, 6.45) is 2.62. The minimum atomic E-state index is -0.897. The molecule has 2 fully saturated rings. The molecule has 5 nitrogen and oxygen atoms in total. The summed E-state index contributed by atoms with van der Waals surface area (Å²) >= 11 is 0. The van der Waals surface area contributed by atoms with Crippen LogP contribution in [0.2, 0.25) is 0 Å². The van der Waals surface area contributed by atoms with Crippen LogP contribution in [0.25, 0.3) is 0 Å². The van der Waals surface area contributed by atoms with Crippen LogP contribution in [0.4, 0.5) is 5.69 Å². The number of carbonyl (C=O) groups excluding carboxylic acids is 1. The molecule has 1 aliphatic carbocycles. The van der Waals surface area contributed by atoms with Crippen molar-refractivity contribution in [2.24, 2.45) is 5.92 Å².